The molecule has 0 saturated heterocycles. The number of alkyl halides is 1. The summed E-state index contributed by atoms with van der Waals surface area (Å²) in [5.74, 6) is 0. The van der Waals surface area contributed by atoms with Crippen LogP contribution in [-0.4, -0.2) is 21.3 Å². The molecule has 0 aliphatic rings. The van der Waals surface area contributed by atoms with Gasteiger partial charge in [0.15, 0.2) is 0 Å². The van der Waals surface area contributed by atoms with Gasteiger partial charge >= 0.3 is 0 Å². The number of rotatable bonds is 2. The predicted molar refractivity (Wildman–Crippen MR) is 17.7 cm³/mol. The van der Waals surface area contributed by atoms with Crippen molar-refractivity contribution in [1.29, 1.82) is 0 Å². The van der Waals surface area contributed by atoms with Gasteiger partial charge < -0.3 is 4.65 Å². The van der Waals surface area contributed by atoms with Gasteiger partial charge in [0.05, 0.1) is 6.61 Å². The highest BCUT2D eigenvalue weighted by atomic mass is 19.1. The molecule has 0 amide bonds. The lowest BCUT2D eigenvalue weighted by Crippen LogP contribution is -1.88. The predicted octanol–water partition coefficient (Wildman–Crippen LogP) is 0.0560. The van der Waals surface area contributed by atoms with Crippen LogP contribution in [0, 0.1) is 0 Å². The summed E-state index contributed by atoms with van der Waals surface area (Å²) in [5, 5.41) is 0. The Kier molecular flexibility index (Phi) is 3.92. The van der Waals surface area contributed by atoms with Gasteiger partial charge in [-0.1, -0.05) is 0 Å². The average molecular weight is 73.9 g/mol. The van der Waals surface area contributed by atoms with Crippen molar-refractivity contribution in [3.05, 3.63) is 0 Å². The van der Waals surface area contributed by atoms with E-state index in [1.165, 1.54) is 0 Å². The van der Waals surface area contributed by atoms with E-state index >= 15 is 0 Å². The van der Waals surface area contributed by atoms with Gasteiger partial charge in [-0.2, -0.15) is 0 Å². The van der Waals surface area contributed by atoms with E-state index in [0.29, 0.717) is 0 Å². The lowest BCUT2D eigenvalue weighted by Gasteiger charge is -1.82. The van der Waals surface area contributed by atoms with E-state index in [-0.39, 0.29) is 6.61 Å². The van der Waals surface area contributed by atoms with Crippen LogP contribution in [0.3, 0.4) is 0 Å². The smallest absolute Gasteiger partial charge is 0.282 e. The van der Waals surface area contributed by atoms with Crippen molar-refractivity contribution in [2.45, 2.75) is 0 Å². The molecule has 0 spiro atoms. The van der Waals surface area contributed by atoms with Crippen LogP contribution < -0.4 is 0 Å². The topological polar surface area (TPSA) is 9.23 Å². The van der Waals surface area contributed by atoms with E-state index in [1.807, 2.05) is 0 Å². The minimum Gasteiger partial charge on any atom is -0.445 e. The van der Waals surface area contributed by atoms with Gasteiger partial charge in [-0.05, 0) is 0 Å². The summed E-state index contributed by atoms with van der Waals surface area (Å²) in [6, 6.07) is 0. The average Bonchev–Trinajstić information content (AvgIpc) is 1.41. The molecule has 0 fully saturated rings. The summed E-state index contributed by atoms with van der Waals surface area (Å²) in [5.41, 5.74) is 0. The molecule has 0 aromatic carbocycles. The first kappa shape index (κ1) is 4.95. The monoisotopic (exact) mass is 74.0 g/mol. The Morgan fingerprint density at radius 3 is 2.40 bits per heavy atom. The zero-order valence-electron chi connectivity index (χ0n) is 2.78. The minimum absolute atomic E-state index is 0. The van der Waals surface area contributed by atoms with Gasteiger partial charge in [0.25, 0.3) is 8.05 Å². The Morgan fingerprint density at radius 1 is 1.80 bits per heavy atom. The van der Waals surface area contributed by atoms with Crippen molar-refractivity contribution in [1.82, 2.24) is 0 Å². The van der Waals surface area contributed by atoms with E-state index in [9.17, 15) is 4.39 Å². The standard InChI is InChI=1S/C2H4BFO/c3-5-2-1-4/h1-2H2. The van der Waals surface area contributed by atoms with Crippen molar-refractivity contribution < 1.29 is 9.04 Å². The van der Waals surface area contributed by atoms with Crippen molar-refractivity contribution in [3.63, 3.8) is 0 Å². The number of hydrogen-bond acceptors (Lipinski definition) is 1. The molecule has 0 aromatic rings. The van der Waals surface area contributed by atoms with E-state index in [4.69, 9.17) is 0 Å². The molecule has 0 unspecified atom stereocenters. The Bertz CT molecular complexity index is 17.1. The van der Waals surface area contributed by atoms with Crippen LogP contribution in [0.25, 0.3) is 0 Å². The summed E-state index contributed by atoms with van der Waals surface area (Å²) in [6.07, 6.45) is 0. The quantitative estimate of drug-likeness (QED) is 0.420. The number of hydrogen-bond donors (Lipinski definition) is 0. The molecule has 0 aromatic heterocycles. The van der Waals surface area contributed by atoms with E-state index in [2.05, 4.69) is 12.7 Å². The first-order chi connectivity index (χ1) is 2.41. The Labute approximate surface area is 31.6 Å². The van der Waals surface area contributed by atoms with E-state index < -0.39 is 6.67 Å². The molecule has 0 N–H and O–H groups in total. The lowest BCUT2D eigenvalue weighted by molar-refractivity contribution is 0.295. The zero-order valence-corrected chi connectivity index (χ0v) is 2.78. The molecule has 1 nitrogen and oxygen atoms in total. The third kappa shape index (κ3) is 3.95. The molecule has 0 bridgehead atoms. The number of halogens is 1. The highest BCUT2D eigenvalue weighted by molar-refractivity contribution is 5.97. The summed E-state index contributed by atoms with van der Waals surface area (Å²) in [7, 11) is 4.40. The van der Waals surface area contributed by atoms with Gasteiger partial charge in [-0.25, -0.2) is 4.39 Å². The largest absolute Gasteiger partial charge is 0.445 e. The Hall–Kier alpha value is -0.0451. The second kappa shape index (κ2) is 3.95. The lowest BCUT2D eigenvalue weighted by atomic mass is 10.6. The first-order valence-electron chi connectivity index (χ1n) is 1.29. The van der Waals surface area contributed by atoms with Crippen LogP contribution in [-0.2, 0) is 4.65 Å². The molecule has 0 heterocycles. The van der Waals surface area contributed by atoms with E-state index in [0.717, 1.165) is 0 Å². The summed E-state index contributed by atoms with van der Waals surface area (Å²) in [4.78, 5) is 0. The summed E-state index contributed by atoms with van der Waals surface area (Å²) < 4.78 is 14.6. The van der Waals surface area contributed by atoms with Gasteiger partial charge in [0, 0.05) is 0 Å². The molecule has 0 rings (SSSR count). The maximum atomic E-state index is 10.8. The third-order valence-electron chi connectivity index (χ3n) is 0.195. The SMILES string of the molecule is [B]OCCF. The van der Waals surface area contributed by atoms with Crippen LogP contribution in [0.1, 0.15) is 0 Å². The highest BCUT2D eigenvalue weighted by Gasteiger charge is 1.69. The van der Waals surface area contributed by atoms with Crippen LogP contribution >= 0.6 is 0 Å². The van der Waals surface area contributed by atoms with Gasteiger partial charge in [-0.15, -0.1) is 0 Å². The fourth-order valence-corrected chi connectivity index (χ4v) is 0.0445. The fourth-order valence-electron chi connectivity index (χ4n) is 0.0445. The first-order valence-corrected chi connectivity index (χ1v) is 1.29. The molecule has 0 saturated carbocycles. The van der Waals surface area contributed by atoms with Crippen molar-refractivity contribution in [2.24, 2.45) is 0 Å². The molecular weight excluding hydrogens is 69.8 g/mol. The molecule has 28 valence electrons. The molecule has 2 radical (unpaired) electrons. The van der Waals surface area contributed by atoms with E-state index in [1.54, 1.807) is 0 Å². The minimum atomic E-state index is -0.503. The maximum absolute atomic E-state index is 10.8. The molecule has 0 aliphatic heterocycles. The van der Waals surface area contributed by atoms with Crippen LogP contribution in [0.4, 0.5) is 4.39 Å². The van der Waals surface area contributed by atoms with Crippen LogP contribution in [0.15, 0.2) is 0 Å². The molecule has 0 atom stereocenters. The summed E-state index contributed by atoms with van der Waals surface area (Å²) in [6.45, 7) is -0.503. The summed E-state index contributed by atoms with van der Waals surface area (Å²) >= 11 is 0. The Morgan fingerprint density at radius 2 is 2.40 bits per heavy atom. The molecule has 3 heteroatoms. The van der Waals surface area contributed by atoms with Crippen molar-refractivity contribution >= 4 is 8.05 Å². The molecule has 5 heavy (non-hydrogen) atoms. The Balaban J connectivity index is 2.19. The second-order valence-corrected chi connectivity index (χ2v) is 0.560. The van der Waals surface area contributed by atoms with Crippen molar-refractivity contribution in [2.75, 3.05) is 13.3 Å². The van der Waals surface area contributed by atoms with Crippen LogP contribution in [0.2, 0.25) is 0 Å². The second-order valence-electron chi connectivity index (χ2n) is 0.560. The van der Waals surface area contributed by atoms with Crippen LogP contribution in [0.5, 0.6) is 0 Å². The van der Waals surface area contributed by atoms with Gasteiger partial charge in [0.1, 0.15) is 6.67 Å². The zero-order chi connectivity index (χ0) is 4.12. The molecular formula is C2H4BFO. The van der Waals surface area contributed by atoms with Gasteiger partial charge in [-0.3, -0.25) is 0 Å². The fraction of sp³-hybridized carbons (Fsp3) is 1.00. The third-order valence-corrected chi connectivity index (χ3v) is 0.195. The van der Waals surface area contributed by atoms with Crippen molar-refractivity contribution in [3.8, 4) is 0 Å². The normalized spacial score (nSPS) is 8.20. The highest BCUT2D eigenvalue weighted by Crippen LogP contribution is 1.63. The van der Waals surface area contributed by atoms with Gasteiger partial charge in [0.2, 0.25) is 0 Å². The maximum Gasteiger partial charge on any atom is 0.282 e. The molecule has 0 aliphatic carbocycles.